The summed E-state index contributed by atoms with van der Waals surface area (Å²) >= 11 is 1.55. The molecule has 0 spiro atoms. The molecule has 0 radical (unpaired) electrons. The monoisotopic (exact) mass is 372 g/mol. The third-order valence-corrected chi connectivity index (χ3v) is 5.62. The van der Waals surface area contributed by atoms with Crippen molar-refractivity contribution >= 4 is 34.2 Å². The Kier molecular flexibility index (Phi) is 4.28. The number of nitrogens with two attached hydrogens (primary N) is 1. The molecule has 0 bridgehead atoms. The summed E-state index contributed by atoms with van der Waals surface area (Å²) in [6.07, 6.45) is 2.21. The van der Waals surface area contributed by atoms with E-state index in [1.807, 2.05) is 18.2 Å². The number of carbonyl (C=O) groups excluding carboxylic acids is 2. The van der Waals surface area contributed by atoms with Crippen molar-refractivity contribution in [3.05, 3.63) is 28.6 Å². The van der Waals surface area contributed by atoms with E-state index in [2.05, 4.69) is 10.3 Å². The van der Waals surface area contributed by atoms with Crippen molar-refractivity contribution in [1.29, 1.82) is 0 Å². The van der Waals surface area contributed by atoms with Gasteiger partial charge in [-0.05, 0) is 37.0 Å². The minimum Gasteiger partial charge on any atom is -0.442 e. The van der Waals surface area contributed by atoms with Crippen molar-refractivity contribution in [2.45, 2.75) is 32.3 Å². The number of nitrogen functional groups attached to an aromatic ring is 1. The lowest BCUT2D eigenvalue weighted by molar-refractivity contribution is -0.119. The Bertz CT molecular complexity index is 879. The number of hydrogen-bond donors (Lipinski definition) is 2. The highest BCUT2D eigenvalue weighted by atomic mass is 32.1. The van der Waals surface area contributed by atoms with Crippen molar-refractivity contribution in [2.24, 2.45) is 0 Å². The molecule has 1 aromatic heterocycles. The van der Waals surface area contributed by atoms with Gasteiger partial charge >= 0.3 is 6.09 Å². The van der Waals surface area contributed by atoms with Crippen molar-refractivity contribution in [2.75, 3.05) is 23.7 Å². The van der Waals surface area contributed by atoms with E-state index in [0.29, 0.717) is 18.2 Å². The van der Waals surface area contributed by atoms with Gasteiger partial charge in [-0.25, -0.2) is 9.78 Å². The molecule has 3 N–H and O–H groups in total. The molecule has 1 atom stereocenters. The number of benzene rings is 1. The van der Waals surface area contributed by atoms with Gasteiger partial charge in [-0.1, -0.05) is 6.07 Å². The van der Waals surface area contributed by atoms with Crippen molar-refractivity contribution in [1.82, 2.24) is 10.3 Å². The van der Waals surface area contributed by atoms with Gasteiger partial charge in [-0.15, -0.1) is 11.3 Å². The minimum atomic E-state index is -0.382. The number of rotatable bonds is 3. The lowest BCUT2D eigenvalue weighted by Crippen LogP contribution is -2.33. The van der Waals surface area contributed by atoms with Crippen molar-refractivity contribution < 1.29 is 14.3 Å². The molecular formula is C18H20N4O3S. The van der Waals surface area contributed by atoms with Crippen LogP contribution in [0.1, 0.15) is 23.8 Å². The van der Waals surface area contributed by atoms with Gasteiger partial charge in [0.15, 0.2) is 5.13 Å². The van der Waals surface area contributed by atoms with E-state index in [-0.39, 0.29) is 18.1 Å². The maximum Gasteiger partial charge on any atom is 0.414 e. The summed E-state index contributed by atoms with van der Waals surface area (Å²) in [7, 11) is 0. The Morgan fingerprint density at radius 2 is 2.31 bits per heavy atom. The SMILES string of the molecule is CC(=O)NCC1CN(c2ccc3c(c2)CCCc2sc(N)nc2-3)C(=O)O1. The van der Waals surface area contributed by atoms with Crippen LogP contribution in [-0.2, 0) is 22.4 Å². The van der Waals surface area contributed by atoms with E-state index in [1.165, 1.54) is 17.4 Å². The van der Waals surface area contributed by atoms with Crippen molar-refractivity contribution in [3.63, 3.8) is 0 Å². The van der Waals surface area contributed by atoms with Crippen LogP contribution >= 0.6 is 11.3 Å². The summed E-state index contributed by atoms with van der Waals surface area (Å²) in [6, 6.07) is 5.98. The maximum atomic E-state index is 12.2. The Morgan fingerprint density at radius 3 is 3.12 bits per heavy atom. The number of hydrogen-bond acceptors (Lipinski definition) is 6. The average Bonchev–Trinajstić information content (AvgIpc) is 3.11. The van der Waals surface area contributed by atoms with E-state index in [4.69, 9.17) is 10.5 Å². The number of amides is 2. The molecule has 2 aromatic rings. The first-order valence-corrected chi connectivity index (χ1v) is 9.44. The van der Waals surface area contributed by atoms with E-state index in [0.717, 1.165) is 36.2 Å². The van der Waals surface area contributed by atoms with E-state index < -0.39 is 0 Å². The Morgan fingerprint density at radius 1 is 1.46 bits per heavy atom. The highest BCUT2D eigenvalue weighted by Gasteiger charge is 2.33. The quantitative estimate of drug-likeness (QED) is 0.862. The molecular weight excluding hydrogens is 352 g/mol. The predicted molar refractivity (Wildman–Crippen MR) is 100 cm³/mol. The molecule has 26 heavy (non-hydrogen) atoms. The summed E-state index contributed by atoms with van der Waals surface area (Å²) in [5, 5.41) is 3.28. The fraction of sp³-hybridized carbons (Fsp3) is 0.389. The Hall–Kier alpha value is -2.61. The third-order valence-electron chi connectivity index (χ3n) is 4.67. The number of nitrogens with zero attached hydrogens (tertiary/aromatic N) is 2. The van der Waals surface area contributed by atoms with Crippen LogP contribution in [0.5, 0.6) is 0 Å². The summed E-state index contributed by atoms with van der Waals surface area (Å²) in [6.45, 7) is 2.19. The molecule has 1 aliphatic heterocycles. The second kappa shape index (κ2) is 6.60. The van der Waals surface area contributed by atoms with E-state index >= 15 is 0 Å². The molecule has 7 nitrogen and oxygen atoms in total. The summed E-state index contributed by atoms with van der Waals surface area (Å²) in [5.74, 6) is -0.136. The van der Waals surface area contributed by atoms with E-state index in [1.54, 1.807) is 16.2 Å². The third kappa shape index (κ3) is 3.12. The molecule has 0 saturated carbocycles. The number of ether oxygens (including phenoxy) is 1. The van der Waals surface area contributed by atoms with Crippen LogP contribution in [-0.4, -0.2) is 36.2 Å². The van der Waals surface area contributed by atoms with Gasteiger partial charge in [-0.2, -0.15) is 0 Å². The number of fused-ring (bicyclic) bond motifs is 3. The molecule has 1 fully saturated rings. The first kappa shape index (κ1) is 16.8. The number of anilines is 2. The van der Waals surface area contributed by atoms with Crippen LogP contribution in [0.25, 0.3) is 11.3 Å². The zero-order valence-electron chi connectivity index (χ0n) is 14.4. The molecule has 8 heteroatoms. The highest BCUT2D eigenvalue weighted by molar-refractivity contribution is 7.15. The maximum absolute atomic E-state index is 12.2. The van der Waals surface area contributed by atoms with Crippen LogP contribution in [0.3, 0.4) is 0 Å². The topological polar surface area (TPSA) is 97.5 Å². The standard InChI is InChI=1S/C18H20N4O3S/c1-10(23)20-8-13-9-22(18(24)25-13)12-5-6-14-11(7-12)3-2-4-15-16(14)21-17(19)26-15/h5-7,13H,2-4,8-9H2,1H3,(H2,19,21)(H,20,23). The average molecular weight is 372 g/mol. The van der Waals surface area contributed by atoms with Gasteiger partial charge in [-0.3, -0.25) is 9.69 Å². The molecule has 2 heterocycles. The number of cyclic esters (lactones) is 1. The fourth-order valence-corrected chi connectivity index (χ4v) is 4.36. The van der Waals surface area contributed by atoms with Gasteiger partial charge < -0.3 is 15.8 Å². The van der Waals surface area contributed by atoms with Gasteiger partial charge in [0.1, 0.15) is 6.10 Å². The van der Waals surface area contributed by atoms with Crippen LogP contribution < -0.4 is 16.0 Å². The molecule has 1 unspecified atom stereocenters. The van der Waals surface area contributed by atoms with Gasteiger partial charge in [0.2, 0.25) is 5.91 Å². The number of nitrogens with one attached hydrogen (secondary N) is 1. The Balaban J connectivity index is 1.59. The zero-order valence-corrected chi connectivity index (χ0v) is 15.3. The van der Waals surface area contributed by atoms with Crippen LogP contribution in [0, 0.1) is 0 Å². The lowest BCUT2D eigenvalue weighted by atomic mass is 10.0. The molecule has 1 aromatic carbocycles. The Labute approximate surface area is 155 Å². The van der Waals surface area contributed by atoms with Crippen molar-refractivity contribution in [3.8, 4) is 11.3 Å². The van der Waals surface area contributed by atoms with Gasteiger partial charge in [0.05, 0.1) is 18.8 Å². The molecule has 136 valence electrons. The zero-order chi connectivity index (χ0) is 18.3. The van der Waals surface area contributed by atoms with Crippen LogP contribution in [0.15, 0.2) is 18.2 Å². The van der Waals surface area contributed by atoms with Crippen LogP contribution in [0.4, 0.5) is 15.6 Å². The number of carbonyl (C=O) groups is 2. The molecule has 1 saturated heterocycles. The van der Waals surface area contributed by atoms with E-state index in [9.17, 15) is 9.59 Å². The minimum absolute atomic E-state index is 0.136. The molecule has 2 aliphatic rings. The second-order valence-corrected chi connectivity index (χ2v) is 7.69. The summed E-state index contributed by atoms with van der Waals surface area (Å²) in [5.41, 5.74) is 9.93. The van der Waals surface area contributed by atoms with Gasteiger partial charge in [0.25, 0.3) is 0 Å². The second-order valence-electron chi connectivity index (χ2n) is 6.57. The first-order valence-electron chi connectivity index (χ1n) is 8.62. The predicted octanol–water partition coefficient (Wildman–Crippen LogP) is 2.34. The molecule has 2 amide bonds. The fourth-order valence-electron chi connectivity index (χ4n) is 3.47. The molecule has 4 rings (SSSR count). The van der Waals surface area contributed by atoms with Crippen LogP contribution in [0.2, 0.25) is 0 Å². The first-order chi connectivity index (χ1) is 12.5. The number of aromatic nitrogens is 1. The number of thiazole rings is 1. The molecule has 1 aliphatic carbocycles. The summed E-state index contributed by atoms with van der Waals surface area (Å²) in [4.78, 5) is 30.6. The lowest BCUT2D eigenvalue weighted by Gasteiger charge is -2.16. The number of aryl methyl sites for hydroxylation is 2. The normalized spacial score (nSPS) is 18.7. The summed E-state index contributed by atoms with van der Waals surface area (Å²) < 4.78 is 5.35. The smallest absolute Gasteiger partial charge is 0.414 e. The largest absolute Gasteiger partial charge is 0.442 e. The highest BCUT2D eigenvalue weighted by Crippen LogP contribution is 2.38. The van der Waals surface area contributed by atoms with Gasteiger partial charge in [0, 0.05) is 23.1 Å².